The van der Waals surface area contributed by atoms with E-state index in [1.165, 1.54) is 24.3 Å². The van der Waals surface area contributed by atoms with E-state index < -0.39 is 16.1 Å². The lowest BCUT2D eigenvalue weighted by molar-refractivity contribution is 0.146. The number of hydrogen-bond donors (Lipinski definition) is 1. The van der Waals surface area contributed by atoms with Crippen LogP contribution in [0.25, 0.3) is 0 Å². The van der Waals surface area contributed by atoms with Crippen LogP contribution < -0.4 is 4.72 Å². The molecule has 0 aromatic heterocycles. The van der Waals surface area contributed by atoms with Crippen LogP contribution in [0.4, 0.5) is 4.79 Å². The van der Waals surface area contributed by atoms with Gasteiger partial charge in [-0.05, 0) is 23.8 Å². The molecule has 0 aliphatic carbocycles. The molecular formula is C14H12NO4S. The van der Waals surface area contributed by atoms with Gasteiger partial charge in [0.25, 0.3) is 10.0 Å². The second-order valence-electron chi connectivity index (χ2n) is 3.90. The summed E-state index contributed by atoms with van der Waals surface area (Å²) < 4.78 is 30.3. The van der Waals surface area contributed by atoms with Crippen molar-refractivity contribution >= 4 is 16.1 Å². The Morgan fingerprint density at radius 2 is 1.75 bits per heavy atom. The molecule has 0 spiro atoms. The average molecular weight is 290 g/mol. The van der Waals surface area contributed by atoms with Crippen LogP contribution in [-0.4, -0.2) is 14.5 Å². The Kier molecular flexibility index (Phi) is 4.37. The molecule has 6 heteroatoms. The molecule has 0 aliphatic heterocycles. The first-order chi connectivity index (χ1) is 9.58. The number of benzene rings is 2. The van der Waals surface area contributed by atoms with Crippen LogP contribution in [0.5, 0.6) is 0 Å². The molecule has 0 saturated carbocycles. The molecule has 0 bridgehead atoms. The minimum absolute atomic E-state index is 0.00472. The summed E-state index contributed by atoms with van der Waals surface area (Å²) in [6.45, 7) is 0.00472. The Morgan fingerprint density at radius 3 is 2.40 bits per heavy atom. The van der Waals surface area contributed by atoms with E-state index in [1.54, 1.807) is 24.3 Å². The second-order valence-corrected chi connectivity index (χ2v) is 5.59. The molecule has 0 fully saturated rings. The van der Waals surface area contributed by atoms with Crippen LogP contribution in [0.1, 0.15) is 5.56 Å². The van der Waals surface area contributed by atoms with Gasteiger partial charge in [0.2, 0.25) is 0 Å². The van der Waals surface area contributed by atoms with E-state index in [9.17, 15) is 13.2 Å². The number of ether oxygens (including phenoxy) is 1. The fourth-order valence-corrected chi connectivity index (χ4v) is 2.36. The molecule has 0 heterocycles. The quantitative estimate of drug-likeness (QED) is 0.936. The zero-order chi connectivity index (χ0) is 14.4. The lowest BCUT2D eigenvalue weighted by atomic mass is 10.2. The van der Waals surface area contributed by atoms with E-state index in [1.807, 2.05) is 10.8 Å². The highest BCUT2D eigenvalue weighted by Gasteiger charge is 2.17. The number of carbonyl (C=O) groups is 1. The van der Waals surface area contributed by atoms with Gasteiger partial charge in [0, 0.05) is 0 Å². The first-order valence-corrected chi connectivity index (χ1v) is 7.26. The Labute approximate surface area is 117 Å². The molecule has 1 N–H and O–H groups in total. The van der Waals surface area contributed by atoms with Crippen molar-refractivity contribution in [1.82, 2.24) is 4.72 Å². The molecule has 2 aromatic rings. The fraction of sp³-hybridized carbons (Fsp3) is 0.0714. The molecule has 2 rings (SSSR count). The number of rotatable bonds is 4. The van der Waals surface area contributed by atoms with Gasteiger partial charge in [0.15, 0.2) is 0 Å². The number of carbonyl (C=O) groups excluding carboxylic acids is 1. The number of nitrogens with one attached hydrogen (secondary N) is 1. The van der Waals surface area contributed by atoms with Crippen molar-refractivity contribution in [3.63, 3.8) is 0 Å². The molecule has 1 amide bonds. The van der Waals surface area contributed by atoms with Crippen LogP contribution in [0.3, 0.4) is 0 Å². The maximum absolute atomic E-state index is 11.8. The minimum Gasteiger partial charge on any atom is -0.444 e. The average Bonchev–Trinajstić information content (AvgIpc) is 2.47. The predicted octanol–water partition coefficient (Wildman–Crippen LogP) is 2.10. The van der Waals surface area contributed by atoms with E-state index in [0.717, 1.165) is 5.56 Å². The third-order valence-corrected chi connectivity index (χ3v) is 3.76. The van der Waals surface area contributed by atoms with Gasteiger partial charge in [-0.25, -0.2) is 17.9 Å². The van der Waals surface area contributed by atoms with Crippen molar-refractivity contribution in [3.05, 3.63) is 66.2 Å². The third-order valence-electron chi connectivity index (χ3n) is 2.43. The second kappa shape index (κ2) is 6.21. The summed E-state index contributed by atoms with van der Waals surface area (Å²) in [4.78, 5) is 11.5. The van der Waals surface area contributed by atoms with E-state index >= 15 is 0 Å². The van der Waals surface area contributed by atoms with Gasteiger partial charge in [-0.1, -0.05) is 42.5 Å². The molecule has 0 atom stereocenters. The van der Waals surface area contributed by atoms with Gasteiger partial charge in [0.05, 0.1) is 4.90 Å². The topological polar surface area (TPSA) is 72.5 Å². The van der Waals surface area contributed by atoms with Gasteiger partial charge < -0.3 is 4.74 Å². The molecule has 1 radical (unpaired) electrons. The maximum atomic E-state index is 11.8. The fourth-order valence-electron chi connectivity index (χ4n) is 1.47. The normalized spacial score (nSPS) is 10.8. The van der Waals surface area contributed by atoms with Crippen LogP contribution in [0.2, 0.25) is 0 Å². The molecule has 103 valence electrons. The molecule has 0 aliphatic rings. The highest BCUT2D eigenvalue weighted by molar-refractivity contribution is 7.90. The number of hydrogen-bond acceptors (Lipinski definition) is 4. The van der Waals surface area contributed by atoms with Crippen LogP contribution in [0, 0.1) is 6.07 Å². The summed E-state index contributed by atoms with van der Waals surface area (Å²) in [6.07, 6.45) is -1.01. The van der Waals surface area contributed by atoms with Crippen molar-refractivity contribution in [2.75, 3.05) is 0 Å². The van der Waals surface area contributed by atoms with Crippen molar-refractivity contribution in [1.29, 1.82) is 0 Å². The Bertz CT molecular complexity index is 669. The summed E-state index contributed by atoms with van der Waals surface area (Å²) >= 11 is 0. The lowest BCUT2D eigenvalue weighted by Crippen LogP contribution is -2.31. The lowest BCUT2D eigenvalue weighted by Gasteiger charge is -2.07. The number of sulfonamides is 1. The van der Waals surface area contributed by atoms with Crippen LogP contribution in [0.15, 0.2) is 59.5 Å². The van der Waals surface area contributed by atoms with E-state index in [0.29, 0.717) is 0 Å². The van der Waals surface area contributed by atoms with E-state index in [-0.39, 0.29) is 11.5 Å². The van der Waals surface area contributed by atoms with Gasteiger partial charge in [-0.2, -0.15) is 0 Å². The molecule has 20 heavy (non-hydrogen) atoms. The standard InChI is InChI=1S/C14H12NO4S/c16-14(19-11-12-7-3-1-4-8-12)15-20(17,18)13-9-5-2-6-10-13/h1,3-10H,11H2,(H,15,16). The molecule has 0 saturated heterocycles. The van der Waals surface area contributed by atoms with E-state index in [4.69, 9.17) is 4.74 Å². The highest BCUT2D eigenvalue weighted by Crippen LogP contribution is 2.07. The largest absolute Gasteiger partial charge is 0.444 e. The van der Waals surface area contributed by atoms with Crippen LogP contribution in [-0.2, 0) is 21.4 Å². The summed E-state index contributed by atoms with van der Waals surface area (Å²) in [5.74, 6) is 0. The SMILES string of the molecule is O=C(NS(=O)(=O)c1cc[c]cc1)OCc1ccccc1. The van der Waals surface area contributed by atoms with Gasteiger partial charge in [-0.3, -0.25) is 0 Å². The first kappa shape index (κ1) is 14.1. The van der Waals surface area contributed by atoms with Gasteiger partial charge in [0.1, 0.15) is 6.61 Å². The Balaban J connectivity index is 1.95. The summed E-state index contributed by atoms with van der Waals surface area (Å²) in [5, 5.41) is 0. The smallest absolute Gasteiger partial charge is 0.421 e. The van der Waals surface area contributed by atoms with E-state index in [2.05, 4.69) is 6.07 Å². The highest BCUT2D eigenvalue weighted by atomic mass is 32.2. The molecule has 0 unspecified atom stereocenters. The minimum atomic E-state index is -3.91. The summed E-state index contributed by atoms with van der Waals surface area (Å²) in [6, 6.07) is 17.3. The maximum Gasteiger partial charge on any atom is 0.421 e. The van der Waals surface area contributed by atoms with Gasteiger partial charge in [-0.15, -0.1) is 0 Å². The zero-order valence-electron chi connectivity index (χ0n) is 10.4. The monoisotopic (exact) mass is 290 g/mol. The number of amides is 1. The van der Waals surface area contributed by atoms with Crippen molar-refractivity contribution < 1.29 is 17.9 Å². The Hall–Kier alpha value is -2.34. The third kappa shape index (κ3) is 3.83. The predicted molar refractivity (Wildman–Crippen MR) is 72.2 cm³/mol. The van der Waals surface area contributed by atoms with Crippen molar-refractivity contribution in [2.24, 2.45) is 0 Å². The molecular weight excluding hydrogens is 278 g/mol. The van der Waals surface area contributed by atoms with Crippen molar-refractivity contribution in [2.45, 2.75) is 11.5 Å². The first-order valence-electron chi connectivity index (χ1n) is 5.77. The van der Waals surface area contributed by atoms with Crippen LogP contribution >= 0.6 is 0 Å². The molecule has 2 aromatic carbocycles. The summed E-state index contributed by atoms with van der Waals surface area (Å²) in [5.41, 5.74) is 0.773. The summed E-state index contributed by atoms with van der Waals surface area (Å²) in [7, 11) is -3.91. The Morgan fingerprint density at radius 1 is 1.10 bits per heavy atom. The molecule has 5 nitrogen and oxygen atoms in total. The van der Waals surface area contributed by atoms with Gasteiger partial charge >= 0.3 is 6.09 Å². The van der Waals surface area contributed by atoms with Crippen molar-refractivity contribution in [3.8, 4) is 0 Å². The zero-order valence-corrected chi connectivity index (χ0v) is 11.3.